The molecule has 0 radical (unpaired) electrons. The van der Waals surface area contributed by atoms with E-state index in [4.69, 9.17) is 4.42 Å². The first-order valence-corrected chi connectivity index (χ1v) is 8.80. The molecule has 0 unspecified atom stereocenters. The first-order chi connectivity index (χ1) is 8.49. The summed E-state index contributed by atoms with van der Waals surface area (Å²) in [4.78, 5) is 0. The lowest BCUT2D eigenvalue weighted by molar-refractivity contribution is 0.664. The number of hydrogen-bond acceptors (Lipinski definition) is 1. The molecule has 0 atom stereocenters. The molecule has 1 aromatic heterocycles. The number of furan rings is 1. The van der Waals surface area contributed by atoms with E-state index >= 15 is 0 Å². The van der Waals surface area contributed by atoms with Gasteiger partial charge in [-0.3, -0.25) is 0 Å². The minimum Gasteiger partial charge on any atom is -0.454 e. The molecule has 1 heterocycles. The Hall–Kier alpha value is 0.640. The lowest BCUT2D eigenvalue weighted by atomic mass is 10.1. The summed E-state index contributed by atoms with van der Waals surface area (Å²) in [5, 5.41) is 2.10. The molecule has 0 fully saturated rings. The Morgan fingerprint density at radius 3 is 2.11 bits per heavy atom. The van der Waals surface area contributed by atoms with Gasteiger partial charge < -0.3 is 4.42 Å². The topological polar surface area (TPSA) is 13.1 Å². The Labute approximate surface area is 145 Å². The van der Waals surface area contributed by atoms with Crippen molar-refractivity contribution < 1.29 is 4.42 Å². The van der Waals surface area contributed by atoms with Crippen LogP contribution in [0.3, 0.4) is 0 Å². The normalized spacial score (nSPS) is 11.6. The molecule has 0 aliphatic heterocycles. The molecule has 18 heavy (non-hydrogen) atoms. The van der Waals surface area contributed by atoms with Gasteiger partial charge in [0.15, 0.2) is 5.58 Å². The Morgan fingerprint density at radius 1 is 0.722 bits per heavy atom. The summed E-state index contributed by atoms with van der Waals surface area (Å²) >= 11 is 17.7. The van der Waals surface area contributed by atoms with Crippen LogP contribution in [0.2, 0.25) is 0 Å². The summed E-state index contributed by atoms with van der Waals surface area (Å²) in [7, 11) is 0. The van der Waals surface area contributed by atoms with E-state index < -0.39 is 0 Å². The van der Waals surface area contributed by atoms with E-state index in [1.165, 1.54) is 0 Å². The zero-order valence-corrected chi connectivity index (χ0v) is 16.5. The van der Waals surface area contributed by atoms with Gasteiger partial charge in [0, 0.05) is 24.2 Å². The second-order valence-corrected chi connectivity index (χ2v) is 8.00. The molecule has 2 aromatic carbocycles. The number of benzene rings is 2. The molecule has 0 saturated heterocycles. The standard InChI is InChI=1S/C12H3Br5O/c13-4-1-5-9-10(17)6(14)3-8(16)12(9)18-11(5)7(15)2-4/h1-3H. The summed E-state index contributed by atoms with van der Waals surface area (Å²) < 4.78 is 10.8. The first kappa shape index (κ1) is 13.6. The maximum Gasteiger partial charge on any atom is 0.150 e. The molecular formula is C12H3Br5O. The summed E-state index contributed by atoms with van der Waals surface area (Å²) in [6.45, 7) is 0. The van der Waals surface area contributed by atoms with Gasteiger partial charge in [-0.15, -0.1) is 0 Å². The van der Waals surface area contributed by atoms with Gasteiger partial charge in [-0.05, 0) is 81.9 Å². The highest BCUT2D eigenvalue weighted by atomic mass is 79.9. The van der Waals surface area contributed by atoms with Crippen LogP contribution < -0.4 is 0 Å². The second-order valence-electron chi connectivity index (χ2n) is 3.72. The van der Waals surface area contributed by atoms with Gasteiger partial charge in [-0.25, -0.2) is 0 Å². The molecule has 6 heteroatoms. The van der Waals surface area contributed by atoms with Gasteiger partial charge in [-0.2, -0.15) is 0 Å². The van der Waals surface area contributed by atoms with Crippen molar-refractivity contribution in [1.82, 2.24) is 0 Å². The fourth-order valence-corrected chi connectivity index (χ4v) is 4.93. The van der Waals surface area contributed by atoms with Crippen LogP contribution in [0.1, 0.15) is 0 Å². The fourth-order valence-electron chi connectivity index (χ4n) is 1.87. The van der Waals surface area contributed by atoms with Crippen LogP contribution in [0, 0.1) is 0 Å². The van der Waals surface area contributed by atoms with Crippen LogP contribution in [-0.4, -0.2) is 0 Å². The van der Waals surface area contributed by atoms with Crippen LogP contribution in [0.5, 0.6) is 0 Å². The van der Waals surface area contributed by atoms with Crippen molar-refractivity contribution in [3.8, 4) is 0 Å². The number of rotatable bonds is 0. The average Bonchev–Trinajstić information content (AvgIpc) is 2.66. The van der Waals surface area contributed by atoms with Crippen molar-refractivity contribution in [2.24, 2.45) is 0 Å². The van der Waals surface area contributed by atoms with E-state index in [2.05, 4.69) is 85.7 Å². The molecule has 0 saturated carbocycles. The molecule has 0 spiro atoms. The van der Waals surface area contributed by atoms with E-state index in [0.717, 1.165) is 44.3 Å². The van der Waals surface area contributed by atoms with Crippen LogP contribution in [0.4, 0.5) is 0 Å². The molecular weight excluding hydrogens is 560 g/mol. The third kappa shape index (κ3) is 2.04. The van der Waals surface area contributed by atoms with E-state index in [-0.39, 0.29) is 0 Å². The highest BCUT2D eigenvalue weighted by molar-refractivity contribution is 9.13. The molecule has 3 rings (SSSR count). The SMILES string of the molecule is Brc1cc(Br)c2oc3c(Br)cc(Br)c(Br)c3c2c1. The molecule has 0 amide bonds. The summed E-state index contributed by atoms with van der Waals surface area (Å²) in [6, 6.07) is 5.99. The lowest BCUT2D eigenvalue weighted by Gasteiger charge is -2.00. The first-order valence-electron chi connectivity index (χ1n) is 4.84. The zero-order valence-electron chi connectivity index (χ0n) is 8.53. The van der Waals surface area contributed by atoms with Gasteiger partial charge in [0.25, 0.3) is 0 Å². The maximum absolute atomic E-state index is 5.94. The van der Waals surface area contributed by atoms with Crippen LogP contribution >= 0.6 is 79.6 Å². The molecule has 0 aliphatic rings. The third-order valence-corrected chi connectivity index (χ3v) is 6.23. The molecule has 3 aromatic rings. The van der Waals surface area contributed by atoms with Crippen LogP contribution in [0.25, 0.3) is 21.9 Å². The predicted octanol–water partition coefficient (Wildman–Crippen LogP) is 7.40. The zero-order chi connectivity index (χ0) is 13.0. The summed E-state index contributed by atoms with van der Waals surface area (Å²) in [5.41, 5.74) is 1.67. The molecule has 1 nitrogen and oxygen atoms in total. The quantitative estimate of drug-likeness (QED) is 0.260. The largest absolute Gasteiger partial charge is 0.454 e. The van der Waals surface area contributed by atoms with Crippen molar-refractivity contribution in [3.63, 3.8) is 0 Å². The van der Waals surface area contributed by atoms with E-state index in [1.54, 1.807) is 0 Å². The molecule has 0 bridgehead atoms. The van der Waals surface area contributed by atoms with Crippen molar-refractivity contribution in [2.45, 2.75) is 0 Å². The minimum absolute atomic E-state index is 0.832. The minimum atomic E-state index is 0.832. The Kier molecular flexibility index (Phi) is 3.69. The van der Waals surface area contributed by atoms with Crippen LogP contribution in [-0.2, 0) is 0 Å². The highest BCUT2D eigenvalue weighted by Gasteiger charge is 2.17. The summed E-state index contributed by atoms with van der Waals surface area (Å²) in [6.07, 6.45) is 0. The number of halogens is 5. The van der Waals surface area contributed by atoms with Crippen LogP contribution in [0.15, 0.2) is 45.0 Å². The highest BCUT2D eigenvalue weighted by Crippen LogP contribution is 2.44. The fraction of sp³-hybridized carbons (Fsp3) is 0. The Morgan fingerprint density at radius 2 is 1.39 bits per heavy atom. The monoisotopic (exact) mass is 558 g/mol. The van der Waals surface area contributed by atoms with Crippen molar-refractivity contribution in [2.75, 3.05) is 0 Å². The van der Waals surface area contributed by atoms with Gasteiger partial charge in [0.1, 0.15) is 5.58 Å². The number of fused-ring (bicyclic) bond motifs is 3. The van der Waals surface area contributed by atoms with Gasteiger partial charge in [0.05, 0.1) is 8.95 Å². The molecule has 0 aliphatic carbocycles. The smallest absolute Gasteiger partial charge is 0.150 e. The average molecular weight is 563 g/mol. The van der Waals surface area contributed by atoms with Gasteiger partial charge in [-0.1, -0.05) is 15.9 Å². The van der Waals surface area contributed by atoms with Gasteiger partial charge >= 0.3 is 0 Å². The Bertz CT molecular complexity index is 790. The number of hydrogen-bond donors (Lipinski definition) is 0. The van der Waals surface area contributed by atoms with Crippen molar-refractivity contribution in [3.05, 3.63) is 40.6 Å². The lowest BCUT2D eigenvalue weighted by Crippen LogP contribution is -1.75. The van der Waals surface area contributed by atoms with E-state index in [1.807, 2.05) is 12.1 Å². The summed E-state index contributed by atoms with van der Waals surface area (Å²) in [5.74, 6) is 0. The Balaban J connectivity index is 2.65. The maximum atomic E-state index is 5.94. The van der Waals surface area contributed by atoms with Crippen molar-refractivity contribution >= 4 is 102 Å². The van der Waals surface area contributed by atoms with E-state index in [9.17, 15) is 0 Å². The van der Waals surface area contributed by atoms with Crippen molar-refractivity contribution in [1.29, 1.82) is 0 Å². The predicted molar refractivity (Wildman–Crippen MR) is 92.2 cm³/mol. The third-order valence-electron chi connectivity index (χ3n) is 2.61. The molecule has 92 valence electrons. The molecule has 0 N–H and O–H groups in total. The van der Waals surface area contributed by atoms with E-state index in [0.29, 0.717) is 0 Å². The van der Waals surface area contributed by atoms with Gasteiger partial charge in [0.2, 0.25) is 0 Å². The second kappa shape index (κ2) is 4.88.